The molecule has 1 N–H and O–H groups in total. The van der Waals surface area contributed by atoms with Gasteiger partial charge in [-0.25, -0.2) is 9.97 Å². The fourth-order valence-electron chi connectivity index (χ4n) is 3.72. The zero-order valence-electron chi connectivity index (χ0n) is 15.6. The van der Waals surface area contributed by atoms with Gasteiger partial charge in [-0.2, -0.15) is 0 Å². The maximum Gasteiger partial charge on any atom is 0.242 e. The molecular formula is C18H28ClN5O2. The summed E-state index contributed by atoms with van der Waals surface area (Å²) in [6.45, 7) is 8.51. The average Bonchev–Trinajstić information content (AvgIpc) is 3.14. The van der Waals surface area contributed by atoms with Crippen LogP contribution < -0.4 is 5.32 Å². The summed E-state index contributed by atoms with van der Waals surface area (Å²) in [7, 11) is 0. The predicted molar refractivity (Wildman–Crippen MR) is 102 cm³/mol. The van der Waals surface area contributed by atoms with Crippen LogP contribution >= 0.6 is 12.4 Å². The molecule has 0 saturated carbocycles. The van der Waals surface area contributed by atoms with Crippen molar-refractivity contribution in [3.05, 3.63) is 18.1 Å². The zero-order valence-corrected chi connectivity index (χ0v) is 16.5. The van der Waals surface area contributed by atoms with Crippen molar-refractivity contribution >= 4 is 30.0 Å². The highest BCUT2D eigenvalue weighted by Crippen LogP contribution is 2.27. The summed E-state index contributed by atoms with van der Waals surface area (Å²) in [6, 6.07) is 2.02. The molecule has 0 aromatic carbocycles. The van der Waals surface area contributed by atoms with Gasteiger partial charge < -0.3 is 15.1 Å². The fourth-order valence-corrected chi connectivity index (χ4v) is 3.72. The number of aryl methyl sites for hydroxylation is 1. The van der Waals surface area contributed by atoms with Gasteiger partial charge in [-0.15, -0.1) is 12.4 Å². The summed E-state index contributed by atoms with van der Waals surface area (Å²) < 4.78 is 0. The Labute approximate surface area is 161 Å². The largest absolute Gasteiger partial charge is 0.365 e. The van der Waals surface area contributed by atoms with E-state index in [-0.39, 0.29) is 36.8 Å². The van der Waals surface area contributed by atoms with E-state index < -0.39 is 0 Å². The monoisotopic (exact) mass is 381 g/mol. The number of aromatic nitrogens is 2. The van der Waals surface area contributed by atoms with E-state index >= 15 is 0 Å². The van der Waals surface area contributed by atoms with E-state index in [4.69, 9.17) is 0 Å². The molecule has 7 nitrogen and oxygen atoms in total. The molecule has 0 bridgehead atoms. The summed E-state index contributed by atoms with van der Waals surface area (Å²) in [5.41, 5.74) is 0. The third-order valence-corrected chi connectivity index (χ3v) is 5.18. The van der Waals surface area contributed by atoms with Crippen LogP contribution in [0.1, 0.15) is 32.5 Å². The van der Waals surface area contributed by atoms with Gasteiger partial charge in [-0.05, 0) is 25.3 Å². The Kier molecular flexibility index (Phi) is 6.81. The highest BCUT2D eigenvalue weighted by molar-refractivity contribution is 5.86. The van der Waals surface area contributed by atoms with Crippen molar-refractivity contribution in [2.75, 3.05) is 31.5 Å². The molecule has 1 aromatic rings. The number of nitrogens with zero attached hydrogens (tertiary/aromatic N) is 4. The van der Waals surface area contributed by atoms with Crippen LogP contribution in [0, 0.1) is 18.8 Å². The molecule has 2 aliphatic rings. The Morgan fingerprint density at radius 3 is 2.77 bits per heavy atom. The first-order valence-corrected chi connectivity index (χ1v) is 9.06. The maximum absolute atomic E-state index is 12.6. The van der Waals surface area contributed by atoms with E-state index in [1.807, 2.05) is 17.9 Å². The third-order valence-electron chi connectivity index (χ3n) is 5.18. The molecule has 0 unspecified atom stereocenters. The number of carbonyl (C=O) groups is 2. The van der Waals surface area contributed by atoms with Gasteiger partial charge in [0.1, 0.15) is 11.6 Å². The van der Waals surface area contributed by atoms with Gasteiger partial charge in [0.15, 0.2) is 0 Å². The highest BCUT2D eigenvalue weighted by atomic mass is 35.5. The second kappa shape index (κ2) is 8.66. The fraction of sp³-hybridized carbons (Fsp3) is 0.667. The molecular weight excluding hydrogens is 354 g/mol. The van der Waals surface area contributed by atoms with E-state index in [1.165, 1.54) is 0 Å². The molecule has 2 amide bonds. The molecule has 0 radical (unpaired) electrons. The molecule has 2 atom stereocenters. The number of amides is 2. The topological polar surface area (TPSA) is 78.4 Å². The highest BCUT2D eigenvalue weighted by Gasteiger charge is 2.38. The minimum atomic E-state index is 0. The number of hydrogen-bond donors (Lipinski definition) is 1. The van der Waals surface area contributed by atoms with Gasteiger partial charge in [0, 0.05) is 44.2 Å². The van der Waals surface area contributed by atoms with Crippen LogP contribution in [0.5, 0.6) is 0 Å². The van der Waals surface area contributed by atoms with Crippen LogP contribution in [-0.4, -0.2) is 63.8 Å². The van der Waals surface area contributed by atoms with Gasteiger partial charge in [0.2, 0.25) is 11.8 Å². The van der Waals surface area contributed by atoms with Gasteiger partial charge >= 0.3 is 0 Å². The number of rotatable bonds is 5. The first-order valence-electron chi connectivity index (χ1n) is 9.06. The van der Waals surface area contributed by atoms with Crippen molar-refractivity contribution < 1.29 is 9.59 Å². The molecule has 144 valence electrons. The predicted octanol–water partition coefficient (Wildman–Crippen LogP) is 1.72. The van der Waals surface area contributed by atoms with Gasteiger partial charge in [0.05, 0.1) is 6.54 Å². The Morgan fingerprint density at radius 2 is 2.15 bits per heavy atom. The first-order chi connectivity index (χ1) is 11.9. The molecule has 2 aliphatic heterocycles. The van der Waals surface area contributed by atoms with Crippen LogP contribution in [0.2, 0.25) is 0 Å². The van der Waals surface area contributed by atoms with Crippen LogP contribution in [0.25, 0.3) is 0 Å². The summed E-state index contributed by atoms with van der Waals surface area (Å²) in [5.74, 6) is 2.47. The molecule has 1 aromatic heterocycles. The van der Waals surface area contributed by atoms with Crippen molar-refractivity contribution in [1.29, 1.82) is 0 Å². The summed E-state index contributed by atoms with van der Waals surface area (Å²) >= 11 is 0. The summed E-state index contributed by atoms with van der Waals surface area (Å²) in [4.78, 5) is 36.5. The van der Waals surface area contributed by atoms with Crippen LogP contribution in [0.4, 0.5) is 5.82 Å². The van der Waals surface area contributed by atoms with Crippen LogP contribution in [0.3, 0.4) is 0 Å². The first kappa shape index (κ1) is 20.4. The number of nitrogens with one attached hydrogen (secondary N) is 1. The minimum Gasteiger partial charge on any atom is -0.365 e. The molecule has 2 saturated heterocycles. The lowest BCUT2D eigenvalue weighted by Crippen LogP contribution is -2.40. The van der Waals surface area contributed by atoms with Gasteiger partial charge in [-0.1, -0.05) is 13.8 Å². The van der Waals surface area contributed by atoms with Crippen molar-refractivity contribution in [3.63, 3.8) is 0 Å². The van der Waals surface area contributed by atoms with E-state index in [0.717, 1.165) is 24.6 Å². The Balaban J connectivity index is 0.00000243. The quantitative estimate of drug-likeness (QED) is 0.840. The van der Waals surface area contributed by atoms with E-state index in [9.17, 15) is 9.59 Å². The minimum absolute atomic E-state index is 0. The Morgan fingerprint density at radius 1 is 1.38 bits per heavy atom. The molecule has 3 heterocycles. The lowest BCUT2D eigenvalue weighted by molar-refractivity contribution is -0.137. The SMILES string of the molecule is Cc1nccc(N[C@H]2CN(C(=O)CN3CCCC3=O)C[C@@H]2C(C)C)n1.Cl. The van der Waals surface area contributed by atoms with Crippen molar-refractivity contribution in [3.8, 4) is 0 Å². The smallest absolute Gasteiger partial charge is 0.242 e. The molecule has 0 aliphatic carbocycles. The Bertz CT molecular complexity index is 654. The van der Waals surface area contributed by atoms with Crippen molar-refractivity contribution in [2.45, 2.75) is 39.7 Å². The normalized spacial score (nSPS) is 22.7. The summed E-state index contributed by atoms with van der Waals surface area (Å²) in [5, 5.41) is 3.47. The number of anilines is 1. The zero-order chi connectivity index (χ0) is 18.0. The average molecular weight is 382 g/mol. The van der Waals surface area contributed by atoms with Crippen LogP contribution in [-0.2, 0) is 9.59 Å². The standard InChI is InChI=1S/C18H27N5O2.ClH/c1-12(2)14-9-23(18(25)11-22-8-4-5-17(22)24)10-15(14)21-16-6-7-19-13(3)20-16;/h6-7,12,14-15H,4-5,8-11H2,1-3H3,(H,19,20,21);1H/t14-,15+;/m1./s1. The van der Waals surface area contributed by atoms with Crippen LogP contribution in [0.15, 0.2) is 12.3 Å². The Hall–Kier alpha value is -1.89. The summed E-state index contributed by atoms with van der Waals surface area (Å²) in [6.07, 6.45) is 3.17. The van der Waals surface area contributed by atoms with E-state index in [2.05, 4.69) is 29.1 Å². The molecule has 2 fully saturated rings. The number of hydrogen-bond acceptors (Lipinski definition) is 5. The molecule has 3 rings (SSSR count). The third kappa shape index (κ3) is 4.63. The van der Waals surface area contributed by atoms with Gasteiger partial charge in [0.25, 0.3) is 0 Å². The second-order valence-electron chi connectivity index (χ2n) is 7.37. The van der Waals surface area contributed by atoms with E-state index in [1.54, 1.807) is 11.1 Å². The number of halogens is 1. The lowest BCUT2D eigenvalue weighted by atomic mass is 9.91. The second-order valence-corrected chi connectivity index (χ2v) is 7.37. The maximum atomic E-state index is 12.6. The number of likely N-dealkylation sites (tertiary alicyclic amines) is 2. The number of carbonyl (C=O) groups excluding carboxylic acids is 2. The lowest BCUT2D eigenvalue weighted by Gasteiger charge is -2.23. The van der Waals surface area contributed by atoms with E-state index in [0.29, 0.717) is 31.3 Å². The van der Waals surface area contributed by atoms with Crippen molar-refractivity contribution in [2.24, 2.45) is 11.8 Å². The molecule has 8 heteroatoms. The molecule has 0 spiro atoms. The van der Waals surface area contributed by atoms with Gasteiger partial charge in [-0.3, -0.25) is 9.59 Å². The van der Waals surface area contributed by atoms with Crippen molar-refractivity contribution in [1.82, 2.24) is 19.8 Å². The molecule has 26 heavy (non-hydrogen) atoms.